The predicted octanol–water partition coefficient (Wildman–Crippen LogP) is 0.830. The van der Waals surface area contributed by atoms with Gasteiger partial charge in [0.1, 0.15) is 0 Å². The summed E-state index contributed by atoms with van der Waals surface area (Å²) < 4.78 is 10.4. The van der Waals surface area contributed by atoms with Crippen LogP contribution < -0.4 is 0 Å². The molecule has 5 heteroatoms. The van der Waals surface area contributed by atoms with Crippen LogP contribution in [0.5, 0.6) is 0 Å². The highest BCUT2D eigenvalue weighted by molar-refractivity contribution is 6.00. The number of fused-ring (bicyclic) bond motifs is 5. The fourth-order valence-electron chi connectivity index (χ4n) is 2.27. The summed E-state index contributed by atoms with van der Waals surface area (Å²) in [6, 6.07) is 7.14. The maximum Gasteiger partial charge on any atom is 0.293 e. The molecule has 1 aromatic rings. The molecule has 0 saturated carbocycles. The van der Waals surface area contributed by atoms with Gasteiger partial charge in [-0.2, -0.15) is 9.78 Å². The van der Waals surface area contributed by atoms with Crippen LogP contribution in [0.3, 0.4) is 0 Å². The van der Waals surface area contributed by atoms with Crippen molar-refractivity contribution in [3.63, 3.8) is 0 Å². The molecule has 2 atom stereocenters. The lowest BCUT2D eigenvalue weighted by atomic mass is 10.1. The molecular formula is C11H10O5. The Morgan fingerprint density at radius 3 is 1.81 bits per heavy atom. The molecule has 2 bridgehead atoms. The molecule has 0 unspecified atom stereocenters. The second-order valence-corrected chi connectivity index (χ2v) is 3.68. The van der Waals surface area contributed by atoms with Crippen LogP contribution in [0.25, 0.3) is 0 Å². The van der Waals surface area contributed by atoms with Crippen molar-refractivity contribution in [1.82, 2.24) is 0 Å². The van der Waals surface area contributed by atoms with E-state index in [2.05, 4.69) is 0 Å². The summed E-state index contributed by atoms with van der Waals surface area (Å²) in [5.41, 5.74) is 1.27. The molecule has 1 saturated heterocycles. The van der Waals surface area contributed by atoms with E-state index in [1.165, 1.54) is 14.2 Å². The molecule has 0 spiro atoms. The number of rotatable bonds is 2. The molecule has 0 aromatic heterocycles. The minimum atomic E-state index is -1.48. The van der Waals surface area contributed by atoms with Crippen LogP contribution in [-0.4, -0.2) is 20.0 Å². The number of ether oxygens (including phenoxy) is 2. The van der Waals surface area contributed by atoms with Crippen LogP contribution in [-0.2, 0) is 35.6 Å². The van der Waals surface area contributed by atoms with Crippen LogP contribution in [0.4, 0.5) is 0 Å². The Balaban J connectivity index is 2.32. The Kier molecular flexibility index (Phi) is 1.79. The van der Waals surface area contributed by atoms with Crippen molar-refractivity contribution < 1.29 is 24.0 Å². The number of ketones is 1. The van der Waals surface area contributed by atoms with Gasteiger partial charge >= 0.3 is 0 Å². The van der Waals surface area contributed by atoms with Gasteiger partial charge in [0.05, 0.1) is 0 Å². The third kappa shape index (κ3) is 0.802. The molecule has 1 aromatic carbocycles. The zero-order valence-corrected chi connectivity index (χ0v) is 8.85. The highest BCUT2D eigenvalue weighted by Gasteiger charge is 2.71. The molecule has 84 valence electrons. The minimum absolute atomic E-state index is 0.383. The molecule has 1 fully saturated rings. The first-order valence-electron chi connectivity index (χ1n) is 4.83. The average molecular weight is 222 g/mol. The zero-order valence-electron chi connectivity index (χ0n) is 8.85. The van der Waals surface area contributed by atoms with Gasteiger partial charge in [-0.25, -0.2) is 0 Å². The lowest BCUT2D eigenvalue weighted by Gasteiger charge is -2.25. The number of hydrogen-bond acceptors (Lipinski definition) is 5. The van der Waals surface area contributed by atoms with Gasteiger partial charge in [0.15, 0.2) is 0 Å². The van der Waals surface area contributed by atoms with Crippen molar-refractivity contribution in [2.24, 2.45) is 0 Å². The van der Waals surface area contributed by atoms with E-state index in [0.717, 1.165) is 0 Å². The van der Waals surface area contributed by atoms with Gasteiger partial charge in [-0.3, -0.25) is 4.79 Å². The first kappa shape index (κ1) is 9.92. The van der Waals surface area contributed by atoms with E-state index in [-0.39, 0.29) is 5.78 Å². The van der Waals surface area contributed by atoms with E-state index >= 15 is 0 Å². The standard InChI is InChI=1S/C11H10O5/c1-13-10-7-5-3-4-6-8(7)11(14-2,9(10)12)16-15-10/h3-6H,1-2H3/t10-,11+. The van der Waals surface area contributed by atoms with E-state index in [4.69, 9.17) is 19.2 Å². The van der Waals surface area contributed by atoms with Gasteiger partial charge in [-0.15, -0.1) is 0 Å². The topological polar surface area (TPSA) is 54.0 Å². The summed E-state index contributed by atoms with van der Waals surface area (Å²) in [4.78, 5) is 22.3. The van der Waals surface area contributed by atoms with E-state index in [1.54, 1.807) is 24.3 Å². The SMILES string of the molecule is CO[C@]12OO[C@](OC)(C1=O)c1ccccc12. The first-order chi connectivity index (χ1) is 7.71. The van der Waals surface area contributed by atoms with Crippen LogP contribution in [0.2, 0.25) is 0 Å². The summed E-state index contributed by atoms with van der Waals surface area (Å²) in [5.74, 6) is -3.34. The van der Waals surface area contributed by atoms with Crippen LogP contribution >= 0.6 is 0 Å². The van der Waals surface area contributed by atoms with Gasteiger partial charge in [0.2, 0.25) is 0 Å². The normalized spacial score (nSPS) is 35.5. The molecule has 1 aliphatic heterocycles. The van der Waals surface area contributed by atoms with Crippen molar-refractivity contribution in [3.8, 4) is 0 Å². The van der Waals surface area contributed by atoms with E-state index in [9.17, 15) is 4.79 Å². The molecule has 0 N–H and O–H groups in total. The Labute approximate surface area is 91.8 Å². The number of benzene rings is 1. The number of carbonyl (C=O) groups excluding carboxylic acids is 1. The van der Waals surface area contributed by atoms with Gasteiger partial charge in [-0.1, -0.05) is 24.3 Å². The van der Waals surface area contributed by atoms with Gasteiger partial charge in [0, 0.05) is 25.3 Å². The molecule has 16 heavy (non-hydrogen) atoms. The van der Waals surface area contributed by atoms with Gasteiger partial charge in [0.25, 0.3) is 17.4 Å². The second-order valence-electron chi connectivity index (χ2n) is 3.68. The van der Waals surface area contributed by atoms with Crippen molar-refractivity contribution in [3.05, 3.63) is 35.4 Å². The molecule has 3 rings (SSSR count). The van der Waals surface area contributed by atoms with Crippen LogP contribution in [0, 0.1) is 0 Å². The highest BCUT2D eigenvalue weighted by Crippen LogP contribution is 2.55. The first-order valence-corrected chi connectivity index (χ1v) is 4.83. The fourth-order valence-corrected chi connectivity index (χ4v) is 2.27. The second kappa shape index (κ2) is 2.89. The Bertz CT molecular complexity index is 430. The quantitative estimate of drug-likeness (QED) is 0.694. The van der Waals surface area contributed by atoms with Crippen molar-refractivity contribution in [1.29, 1.82) is 0 Å². The molecule has 2 aliphatic rings. The average Bonchev–Trinajstić information content (AvgIpc) is 2.76. The van der Waals surface area contributed by atoms with E-state index in [0.29, 0.717) is 11.1 Å². The third-order valence-electron chi connectivity index (χ3n) is 3.09. The number of hydrogen-bond donors (Lipinski definition) is 0. The van der Waals surface area contributed by atoms with E-state index in [1.807, 2.05) is 0 Å². The smallest absolute Gasteiger partial charge is 0.293 e. The summed E-state index contributed by atoms with van der Waals surface area (Å²) in [7, 11) is 2.80. The number of Topliss-reactive ketones (excluding diaryl/α,β-unsaturated/α-hetero) is 1. The van der Waals surface area contributed by atoms with Crippen molar-refractivity contribution in [2.45, 2.75) is 11.6 Å². The molecule has 1 heterocycles. The predicted molar refractivity (Wildman–Crippen MR) is 51.0 cm³/mol. The lowest BCUT2D eigenvalue weighted by Crippen LogP contribution is -2.36. The monoisotopic (exact) mass is 222 g/mol. The largest absolute Gasteiger partial charge is 0.341 e. The zero-order chi connectivity index (χ0) is 11.4. The maximum atomic E-state index is 12.2. The summed E-state index contributed by atoms with van der Waals surface area (Å²) in [6.07, 6.45) is 0. The lowest BCUT2D eigenvalue weighted by molar-refractivity contribution is -0.449. The molecule has 0 radical (unpaired) electrons. The summed E-state index contributed by atoms with van der Waals surface area (Å²) in [5, 5.41) is 0. The van der Waals surface area contributed by atoms with Crippen molar-refractivity contribution >= 4 is 5.78 Å². The van der Waals surface area contributed by atoms with Gasteiger partial charge < -0.3 is 9.47 Å². The van der Waals surface area contributed by atoms with E-state index < -0.39 is 11.6 Å². The van der Waals surface area contributed by atoms with Crippen molar-refractivity contribution in [2.75, 3.05) is 14.2 Å². The fraction of sp³-hybridized carbons (Fsp3) is 0.364. The number of carbonyl (C=O) groups is 1. The highest BCUT2D eigenvalue weighted by atomic mass is 17.3. The molecular weight excluding hydrogens is 212 g/mol. The molecule has 5 nitrogen and oxygen atoms in total. The number of methoxy groups -OCH3 is 2. The Morgan fingerprint density at radius 2 is 1.44 bits per heavy atom. The molecule has 1 aliphatic carbocycles. The summed E-state index contributed by atoms with van der Waals surface area (Å²) >= 11 is 0. The Hall–Kier alpha value is -1.27. The van der Waals surface area contributed by atoms with Crippen LogP contribution in [0.15, 0.2) is 24.3 Å². The van der Waals surface area contributed by atoms with Gasteiger partial charge in [-0.05, 0) is 0 Å². The Morgan fingerprint density at radius 1 is 1.00 bits per heavy atom. The van der Waals surface area contributed by atoms with Crippen LogP contribution in [0.1, 0.15) is 11.1 Å². The summed E-state index contributed by atoms with van der Waals surface area (Å²) in [6.45, 7) is 0. The minimum Gasteiger partial charge on any atom is -0.341 e. The third-order valence-corrected chi connectivity index (χ3v) is 3.09. The maximum absolute atomic E-state index is 12.2. The molecule has 0 amide bonds.